The number of hydrogen-bond donors (Lipinski definition) is 2. The fraction of sp³-hybridized carbons (Fsp3) is 0.471. The smallest absolute Gasteiger partial charge is 0.227 e. The van der Waals surface area contributed by atoms with Crippen molar-refractivity contribution in [2.24, 2.45) is 5.41 Å². The van der Waals surface area contributed by atoms with Crippen LogP contribution in [0.3, 0.4) is 0 Å². The standard InChI is InChI=1S/C17H22N2O2.ClH/c1-12(15-10-13-6-3-4-7-14(13)21-15)19-16(20)17(2)8-5-9-18-11-17;/h3-4,6-7,10,12,18H,5,8-9,11H2,1-2H3,(H,19,20);1H. The van der Waals surface area contributed by atoms with E-state index in [0.29, 0.717) is 0 Å². The van der Waals surface area contributed by atoms with Gasteiger partial charge >= 0.3 is 0 Å². The van der Waals surface area contributed by atoms with Crippen LogP contribution in [0.2, 0.25) is 0 Å². The fourth-order valence-corrected chi connectivity index (χ4v) is 2.91. The molecular weight excluding hydrogens is 300 g/mol. The van der Waals surface area contributed by atoms with Gasteiger partial charge in [-0.1, -0.05) is 18.2 Å². The van der Waals surface area contributed by atoms with Crippen molar-refractivity contribution in [3.8, 4) is 0 Å². The van der Waals surface area contributed by atoms with Crippen molar-refractivity contribution >= 4 is 29.3 Å². The second kappa shape index (κ2) is 6.71. The molecule has 1 aromatic carbocycles. The van der Waals surface area contributed by atoms with Crippen molar-refractivity contribution in [3.63, 3.8) is 0 Å². The van der Waals surface area contributed by atoms with Gasteiger partial charge in [0.1, 0.15) is 11.3 Å². The number of nitrogens with one attached hydrogen (secondary N) is 2. The van der Waals surface area contributed by atoms with Gasteiger partial charge in [-0.25, -0.2) is 0 Å². The van der Waals surface area contributed by atoms with Crippen LogP contribution in [-0.2, 0) is 4.79 Å². The minimum atomic E-state index is -0.321. The summed E-state index contributed by atoms with van der Waals surface area (Å²) in [6, 6.07) is 9.78. The van der Waals surface area contributed by atoms with E-state index < -0.39 is 0 Å². The zero-order chi connectivity index (χ0) is 14.9. The summed E-state index contributed by atoms with van der Waals surface area (Å²) in [6.07, 6.45) is 1.97. The van der Waals surface area contributed by atoms with Crippen LogP contribution >= 0.6 is 12.4 Å². The monoisotopic (exact) mass is 322 g/mol. The van der Waals surface area contributed by atoms with Gasteiger partial charge < -0.3 is 15.1 Å². The summed E-state index contributed by atoms with van der Waals surface area (Å²) in [4.78, 5) is 12.5. The highest BCUT2D eigenvalue weighted by atomic mass is 35.5. The van der Waals surface area contributed by atoms with Crippen LogP contribution in [0.15, 0.2) is 34.7 Å². The molecule has 1 saturated heterocycles. The largest absolute Gasteiger partial charge is 0.459 e. The molecule has 3 rings (SSSR count). The molecule has 1 aliphatic heterocycles. The molecule has 5 heteroatoms. The Morgan fingerprint density at radius 2 is 2.18 bits per heavy atom. The van der Waals surface area contributed by atoms with Gasteiger partial charge in [0.05, 0.1) is 11.5 Å². The first-order valence-corrected chi connectivity index (χ1v) is 7.59. The number of rotatable bonds is 3. The Labute approximate surface area is 137 Å². The van der Waals surface area contributed by atoms with Gasteiger partial charge in [-0.15, -0.1) is 12.4 Å². The SMILES string of the molecule is CC(NC(=O)C1(C)CCCNC1)c1cc2ccccc2o1.Cl. The molecule has 2 unspecified atom stereocenters. The van der Waals surface area contributed by atoms with Crippen LogP contribution in [0, 0.1) is 5.41 Å². The molecule has 2 N–H and O–H groups in total. The molecule has 0 radical (unpaired) electrons. The molecule has 120 valence electrons. The summed E-state index contributed by atoms with van der Waals surface area (Å²) >= 11 is 0. The number of carbonyl (C=O) groups is 1. The van der Waals surface area contributed by atoms with Crippen LogP contribution in [0.4, 0.5) is 0 Å². The predicted octanol–water partition coefficient (Wildman–Crippen LogP) is 3.42. The number of carbonyl (C=O) groups excluding carboxylic acids is 1. The number of hydrogen-bond acceptors (Lipinski definition) is 3. The first-order valence-electron chi connectivity index (χ1n) is 7.59. The van der Waals surface area contributed by atoms with Crippen LogP contribution < -0.4 is 10.6 Å². The summed E-state index contributed by atoms with van der Waals surface area (Å²) in [7, 11) is 0. The quantitative estimate of drug-likeness (QED) is 0.910. The lowest BCUT2D eigenvalue weighted by Gasteiger charge is -2.33. The molecule has 2 aromatic rings. The highest BCUT2D eigenvalue weighted by Gasteiger charge is 2.35. The van der Waals surface area contributed by atoms with Crippen LogP contribution in [-0.4, -0.2) is 19.0 Å². The number of benzene rings is 1. The maximum Gasteiger partial charge on any atom is 0.227 e. The summed E-state index contributed by atoms with van der Waals surface area (Å²) in [5.41, 5.74) is 0.539. The molecule has 2 atom stereocenters. The summed E-state index contributed by atoms with van der Waals surface area (Å²) < 4.78 is 5.82. The number of para-hydroxylation sites is 1. The predicted molar refractivity (Wildman–Crippen MR) is 90.2 cm³/mol. The summed E-state index contributed by atoms with van der Waals surface area (Å²) in [6.45, 7) is 5.74. The lowest BCUT2D eigenvalue weighted by atomic mass is 9.81. The molecule has 1 fully saturated rings. The molecule has 4 nitrogen and oxygen atoms in total. The van der Waals surface area contributed by atoms with Crippen LogP contribution in [0.1, 0.15) is 38.5 Å². The second-order valence-corrected chi connectivity index (χ2v) is 6.22. The lowest BCUT2D eigenvalue weighted by Crippen LogP contribution is -2.49. The van der Waals surface area contributed by atoms with E-state index in [1.165, 1.54) is 0 Å². The normalized spacial score (nSPS) is 22.8. The number of fused-ring (bicyclic) bond motifs is 1. The molecule has 0 spiro atoms. The zero-order valence-corrected chi connectivity index (χ0v) is 13.8. The summed E-state index contributed by atoms with van der Waals surface area (Å²) in [5, 5.41) is 7.47. The number of amides is 1. The average Bonchev–Trinajstić information content (AvgIpc) is 2.92. The molecular formula is C17H23ClN2O2. The van der Waals surface area contributed by atoms with E-state index in [1.54, 1.807) is 0 Å². The van der Waals surface area contributed by atoms with E-state index in [-0.39, 0.29) is 29.8 Å². The molecule has 0 saturated carbocycles. The van der Waals surface area contributed by atoms with E-state index in [9.17, 15) is 4.79 Å². The summed E-state index contributed by atoms with van der Waals surface area (Å²) in [5.74, 6) is 0.902. The van der Waals surface area contributed by atoms with Crippen molar-refractivity contribution in [2.45, 2.75) is 32.7 Å². The highest BCUT2D eigenvalue weighted by Crippen LogP contribution is 2.28. The maximum atomic E-state index is 12.5. The first-order chi connectivity index (χ1) is 10.1. The molecule has 1 aromatic heterocycles. The van der Waals surface area contributed by atoms with Crippen LogP contribution in [0.5, 0.6) is 0 Å². The Morgan fingerprint density at radius 1 is 1.41 bits per heavy atom. The Bertz CT molecular complexity index is 614. The topological polar surface area (TPSA) is 54.3 Å². The molecule has 22 heavy (non-hydrogen) atoms. The van der Waals surface area contributed by atoms with Crippen molar-refractivity contribution in [1.82, 2.24) is 10.6 Å². The Kier molecular flexibility index (Phi) is 5.14. The average molecular weight is 323 g/mol. The Balaban J connectivity index is 0.00000176. The third-order valence-electron chi connectivity index (χ3n) is 4.36. The molecule has 1 aliphatic rings. The van der Waals surface area contributed by atoms with Gasteiger partial charge in [-0.3, -0.25) is 4.79 Å². The van der Waals surface area contributed by atoms with Crippen LogP contribution in [0.25, 0.3) is 11.0 Å². The van der Waals surface area contributed by atoms with E-state index >= 15 is 0 Å². The van der Waals surface area contributed by atoms with Gasteiger partial charge in [-0.2, -0.15) is 0 Å². The molecule has 0 bridgehead atoms. The molecule has 0 aliphatic carbocycles. The number of halogens is 1. The first kappa shape index (κ1) is 16.8. The van der Waals surface area contributed by atoms with E-state index in [0.717, 1.165) is 42.7 Å². The van der Waals surface area contributed by atoms with Gasteiger partial charge in [-0.05, 0) is 45.4 Å². The van der Waals surface area contributed by atoms with Gasteiger partial charge in [0.15, 0.2) is 0 Å². The van der Waals surface area contributed by atoms with Gasteiger partial charge in [0.2, 0.25) is 5.91 Å². The Hall–Kier alpha value is -1.52. The zero-order valence-electron chi connectivity index (χ0n) is 13.0. The molecule has 2 heterocycles. The van der Waals surface area contributed by atoms with Crippen molar-refractivity contribution in [1.29, 1.82) is 0 Å². The minimum Gasteiger partial charge on any atom is -0.459 e. The van der Waals surface area contributed by atoms with Gasteiger partial charge in [0.25, 0.3) is 0 Å². The minimum absolute atomic E-state index is 0. The van der Waals surface area contributed by atoms with Gasteiger partial charge in [0, 0.05) is 11.9 Å². The van der Waals surface area contributed by atoms with E-state index in [1.807, 2.05) is 44.2 Å². The number of piperidine rings is 1. The Morgan fingerprint density at radius 3 is 2.86 bits per heavy atom. The third kappa shape index (κ3) is 3.28. The van der Waals surface area contributed by atoms with E-state index in [2.05, 4.69) is 10.6 Å². The fourth-order valence-electron chi connectivity index (χ4n) is 2.91. The van der Waals surface area contributed by atoms with Crippen molar-refractivity contribution in [3.05, 3.63) is 36.1 Å². The second-order valence-electron chi connectivity index (χ2n) is 6.22. The van der Waals surface area contributed by atoms with Crippen molar-refractivity contribution < 1.29 is 9.21 Å². The van der Waals surface area contributed by atoms with E-state index in [4.69, 9.17) is 4.42 Å². The number of furan rings is 1. The lowest BCUT2D eigenvalue weighted by molar-refractivity contribution is -0.131. The third-order valence-corrected chi connectivity index (χ3v) is 4.36. The molecule has 1 amide bonds. The highest BCUT2D eigenvalue weighted by molar-refractivity contribution is 5.85. The maximum absolute atomic E-state index is 12.5. The van der Waals surface area contributed by atoms with Crippen molar-refractivity contribution in [2.75, 3.05) is 13.1 Å².